The maximum Gasteiger partial charge on any atom is 0.276 e. The number of pyridine rings is 1. The van der Waals surface area contributed by atoms with Crippen LogP contribution < -0.4 is 10.2 Å². The number of aromatic nitrogens is 1. The second-order valence-corrected chi connectivity index (χ2v) is 5.56. The van der Waals surface area contributed by atoms with E-state index in [1.807, 2.05) is 35.2 Å². The SMILES string of the molecule is CC(C)Nc1ccnc(C(=O)N2CCc3ccccc32)c1. The third-order valence-electron chi connectivity index (χ3n) is 3.57. The van der Waals surface area contributed by atoms with E-state index in [1.54, 1.807) is 6.20 Å². The summed E-state index contributed by atoms with van der Waals surface area (Å²) in [4.78, 5) is 18.7. The maximum absolute atomic E-state index is 12.7. The van der Waals surface area contributed by atoms with E-state index in [0.29, 0.717) is 11.7 Å². The minimum atomic E-state index is -0.0349. The van der Waals surface area contributed by atoms with Crippen molar-refractivity contribution in [3.8, 4) is 0 Å². The van der Waals surface area contributed by atoms with Gasteiger partial charge in [-0.2, -0.15) is 0 Å². The Labute approximate surface area is 124 Å². The Hall–Kier alpha value is -2.36. The number of hydrogen-bond acceptors (Lipinski definition) is 3. The second kappa shape index (κ2) is 5.56. The normalized spacial score (nSPS) is 13.4. The van der Waals surface area contributed by atoms with Gasteiger partial charge in [0.15, 0.2) is 0 Å². The van der Waals surface area contributed by atoms with Crippen LogP contribution in [0.3, 0.4) is 0 Å². The third-order valence-corrected chi connectivity index (χ3v) is 3.57. The quantitative estimate of drug-likeness (QED) is 0.940. The molecule has 0 spiro atoms. The summed E-state index contributed by atoms with van der Waals surface area (Å²) in [5.41, 5.74) is 3.64. The highest BCUT2D eigenvalue weighted by Crippen LogP contribution is 2.28. The van der Waals surface area contributed by atoms with Gasteiger partial charge in [-0.15, -0.1) is 0 Å². The summed E-state index contributed by atoms with van der Waals surface area (Å²) >= 11 is 0. The van der Waals surface area contributed by atoms with Gasteiger partial charge in [0.2, 0.25) is 0 Å². The van der Waals surface area contributed by atoms with Gasteiger partial charge in [-0.25, -0.2) is 0 Å². The Balaban J connectivity index is 1.86. The summed E-state index contributed by atoms with van der Waals surface area (Å²) in [6.07, 6.45) is 2.59. The number of para-hydroxylation sites is 1. The van der Waals surface area contributed by atoms with Gasteiger partial charge in [0.1, 0.15) is 5.69 Å². The molecule has 1 aromatic heterocycles. The number of carbonyl (C=O) groups excluding carboxylic acids is 1. The third kappa shape index (κ3) is 2.75. The zero-order chi connectivity index (χ0) is 14.8. The molecule has 0 unspecified atom stereocenters. The monoisotopic (exact) mass is 281 g/mol. The fourth-order valence-electron chi connectivity index (χ4n) is 2.66. The largest absolute Gasteiger partial charge is 0.383 e. The van der Waals surface area contributed by atoms with E-state index in [1.165, 1.54) is 5.56 Å². The molecular weight excluding hydrogens is 262 g/mol. The van der Waals surface area contributed by atoms with Crippen LogP contribution in [0.1, 0.15) is 29.9 Å². The highest BCUT2D eigenvalue weighted by Gasteiger charge is 2.25. The molecule has 1 aliphatic heterocycles. The van der Waals surface area contributed by atoms with E-state index in [2.05, 4.69) is 30.2 Å². The van der Waals surface area contributed by atoms with Crippen LogP contribution in [-0.4, -0.2) is 23.5 Å². The molecule has 0 saturated heterocycles. The van der Waals surface area contributed by atoms with E-state index < -0.39 is 0 Å². The first-order valence-electron chi connectivity index (χ1n) is 7.27. The molecule has 4 heteroatoms. The average molecular weight is 281 g/mol. The number of anilines is 2. The first kappa shape index (κ1) is 13.6. The van der Waals surface area contributed by atoms with E-state index in [9.17, 15) is 4.79 Å². The molecule has 108 valence electrons. The van der Waals surface area contributed by atoms with Crippen LogP contribution in [0.2, 0.25) is 0 Å². The highest BCUT2D eigenvalue weighted by molar-refractivity contribution is 6.06. The highest BCUT2D eigenvalue weighted by atomic mass is 16.2. The van der Waals surface area contributed by atoms with Crippen LogP contribution in [0.4, 0.5) is 11.4 Å². The lowest BCUT2D eigenvalue weighted by Crippen LogP contribution is -2.29. The van der Waals surface area contributed by atoms with Gasteiger partial charge in [-0.05, 0) is 44.0 Å². The van der Waals surface area contributed by atoms with Gasteiger partial charge in [0, 0.05) is 30.2 Å². The summed E-state index contributed by atoms with van der Waals surface area (Å²) in [6.45, 7) is 4.86. The minimum Gasteiger partial charge on any atom is -0.383 e. The van der Waals surface area contributed by atoms with Crippen LogP contribution in [0.5, 0.6) is 0 Å². The number of hydrogen-bond donors (Lipinski definition) is 1. The smallest absolute Gasteiger partial charge is 0.276 e. The summed E-state index contributed by atoms with van der Waals surface area (Å²) in [6, 6.07) is 12.1. The van der Waals surface area contributed by atoms with Crippen molar-refractivity contribution in [1.82, 2.24) is 4.98 Å². The van der Waals surface area contributed by atoms with Crippen molar-refractivity contribution in [3.05, 3.63) is 53.9 Å². The van der Waals surface area contributed by atoms with Gasteiger partial charge in [0.05, 0.1) is 0 Å². The Morgan fingerprint density at radius 1 is 1.29 bits per heavy atom. The lowest BCUT2D eigenvalue weighted by Gasteiger charge is -2.17. The standard InChI is InChI=1S/C17H19N3O/c1-12(2)19-14-7-9-18-15(11-14)17(21)20-10-8-13-5-3-4-6-16(13)20/h3-7,9,11-12H,8,10H2,1-2H3,(H,18,19). The van der Waals surface area contributed by atoms with Crippen LogP contribution >= 0.6 is 0 Å². The van der Waals surface area contributed by atoms with Gasteiger partial charge in [0.25, 0.3) is 5.91 Å². The first-order valence-corrected chi connectivity index (χ1v) is 7.27. The Kier molecular flexibility index (Phi) is 3.60. The Bertz CT molecular complexity index is 667. The molecule has 4 nitrogen and oxygen atoms in total. The lowest BCUT2D eigenvalue weighted by atomic mass is 10.2. The molecule has 1 N–H and O–H groups in total. The summed E-state index contributed by atoms with van der Waals surface area (Å²) < 4.78 is 0. The van der Waals surface area contributed by atoms with Crippen molar-refractivity contribution >= 4 is 17.3 Å². The van der Waals surface area contributed by atoms with Gasteiger partial charge in [-0.3, -0.25) is 9.78 Å². The topological polar surface area (TPSA) is 45.2 Å². The zero-order valence-electron chi connectivity index (χ0n) is 12.3. The minimum absolute atomic E-state index is 0.0349. The Morgan fingerprint density at radius 3 is 2.90 bits per heavy atom. The van der Waals surface area contributed by atoms with Crippen molar-refractivity contribution in [1.29, 1.82) is 0 Å². The zero-order valence-corrected chi connectivity index (χ0v) is 12.3. The fourth-order valence-corrected chi connectivity index (χ4v) is 2.66. The number of fused-ring (bicyclic) bond motifs is 1. The van der Waals surface area contributed by atoms with Crippen LogP contribution in [0.25, 0.3) is 0 Å². The van der Waals surface area contributed by atoms with E-state index >= 15 is 0 Å². The molecule has 1 aromatic carbocycles. The molecule has 0 atom stereocenters. The molecule has 0 saturated carbocycles. The van der Waals surface area contributed by atoms with Crippen molar-refractivity contribution in [3.63, 3.8) is 0 Å². The van der Waals surface area contributed by atoms with Gasteiger partial charge >= 0.3 is 0 Å². The predicted octanol–water partition coefficient (Wildman–Crippen LogP) is 3.10. The van der Waals surface area contributed by atoms with Crippen molar-refractivity contribution in [2.45, 2.75) is 26.3 Å². The predicted molar refractivity (Wildman–Crippen MR) is 84.8 cm³/mol. The molecular formula is C17H19N3O. The molecule has 2 heterocycles. The van der Waals surface area contributed by atoms with Crippen molar-refractivity contribution < 1.29 is 4.79 Å². The van der Waals surface area contributed by atoms with Crippen LogP contribution in [0, 0.1) is 0 Å². The Morgan fingerprint density at radius 2 is 2.10 bits per heavy atom. The molecule has 1 aliphatic rings. The second-order valence-electron chi connectivity index (χ2n) is 5.56. The van der Waals surface area contributed by atoms with Gasteiger partial charge in [-0.1, -0.05) is 18.2 Å². The number of nitrogens with zero attached hydrogens (tertiary/aromatic N) is 2. The van der Waals surface area contributed by atoms with Crippen molar-refractivity contribution in [2.24, 2.45) is 0 Å². The molecule has 3 rings (SSSR count). The van der Waals surface area contributed by atoms with Crippen LogP contribution in [-0.2, 0) is 6.42 Å². The molecule has 1 amide bonds. The molecule has 0 fully saturated rings. The van der Waals surface area contributed by atoms with Crippen LogP contribution in [0.15, 0.2) is 42.6 Å². The molecule has 0 radical (unpaired) electrons. The van der Waals surface area contributed by atoms with E-state index in [0.717, 1.165) is 24.3 Å². The summed E-state index contributed by atoms with van der Waals surface area (Å²) in [5, 5.41) is 3.30. The van der Waals surface area contributed by atoms with Crippen molar-refractivity contribution in [2.75, 3.05) is 16.8 Å². The maximum atomic E-state index is 12.7. The summed E-state index contributed by atoms with van der Waals surface area (Å²) in [7, 11) is 0. The van der Waals surface area contributed by atoms with Gasteiger partial charge < -0.3 is 10.2 Å². The molecule has 0 aliphatic carbocycles. The molecule has 2 aromatic rings. The molecule has 0 bridgehead atoms. The number of amides is 1. The first-order chi connectivity index (χ1) is 10.1. The average Bonchev–Trinajstić information content (AvgIpc) is 2.90. The number of rotatable bonds is 3. The number of nitrogens with one attached hydrogen (secondary N) is 1. The summed E-state index contributed by atoms with van der Waals surface area (Å²) in [5.74, 6) is -0.0349. The molecule has 21 heavy (non-hydrogen) atoms. The fraction of sp³-hybridized carbons (Fsp3) is 0.294. The number of benzene rings is 1. The lowest BCUT2D eigenvalue weighted by molar-refractivity contribution is 0.0984. The van der Waals surface area contributed by atoms with E-state index in [-0.39, 0.29) is 5.91 Å². The van der Waals surface area contributed by atoms with E-state index in [4.69, 9.17) is 0 Å². The number of carbonyl (C=O) groups is 1.